The van der Waals surface area contributed by atoms with Gasteiger partial charge in [-0.2, -0.15) is 0 Å². The highest BCUT2D eigenvalue weighted by molar-refractivity contribution is 5.29. The number of aliphatic hydroxyl groups excluding tert-OH is 1. The lowest BCUT2D eigenvalue weighted by atomic mass is 10.0. The molecule has 0 saturated heterocycles. The maximum absolute atomic E-state index is 13.4. The Balaban J connectivity index is 2.19. The molecule has 2 rings (SSSR count). The van der Waals surface area contributed by atoms with Gasteiger partial charge in [0.25, 0.3) is 0 Å². The summed E-state index contributed by atoms with van der Waals surface area (Å²) in [7, 11) is 0. The van der Waals surface area contributed by atoms with Crippen molar-refractivity contribution in [1.82, 2.24) is 0 Å². The number of benzene rings is 2. The normalized spacial score (nSPS) is 12.4. The van der Waals surface area contributed by atoms with Gasteiger partial charge in [-0.3, -0.25) is 0 Å². The van der Waals surface area contributed by atoms with Gasteiger partial charge < -0.3 is 10.2 Å². The third-order valence-electron chi connectivity index (χ3n) is 2.66. The minimum Gasteiger partial charge on any atom is -0.508 e. The predicted molar refractivity (Wildman–Crippen MR) is 63.1 cm³/mol. The summed E-state index contributed by atoms with van der Waals surface area (Å²) in [6, 6.07) is 9.41. The Morgan fingerprint density at radius 3 is 2.50 bits per heavy atom. The first-order valence-corrected chi connectivity index (χ1v) is 5.47. The van der Waals surface area contributed by atoms with Crippen LogP contribution >= 0.6 is 0 Å². The fraction of sp³-hybridized carbons (Fsp3) is 0.143. The van der Waals surface area contributed by atoms with Crippen LogP contribution in [0.4, 0.5) is 8.78 Å². The van der Waals surface area contributed by atoms with Crippen molar-refractivity contribution in [2.75, 3.05) is 0 Å². The molecule has 0 amide bonds. The molecular formula is C14H12F2O2. The van der Waals surface area contributed by atoms with Crippen molar-refractivity contribution < 1.29 is 19.0 Å². The van der Waals surface area contributed by atoms with Crippen molar-refractivity contribution in [3.8, 4) is 5.75 Å². The summed E-state index contributed by atoms with van der Waals surface area (Å²) < 4.78 is 26.2. The van der Waals surface area contributed by atoms with Gasteiger partial charge in [-0.1, -0.05) is 18.2 Å². The van der Waals surface area contributed by atoms with Crippen LogP contribution in [0.1, 0.15) is 17.2 Å². The number of hydrogen-bond acceptors (Lipinski definition) is 2. The van der Waals surface area contributed by atoms with Crippen LogP contribution in [0, 0.1) is 11.6 Å². The number of aliphatic hydroxyl groups is 1. The first-order chi connectivity index (χ1) is 8.56. The molecule has 0 aliphatic heterocycles. The summed E-state index contributed by atoms with van der Waals surface area (Å²) in [4.78, 5) is 0. The highest BCUT2D eigenvalue weighted by Crippen LogP contribution is 2.23. The van der Waals surface area contributed by atoms with Crippen molar-refractivity contribution in [2.45, 2.75) is 12.5 Å². The summed E-state index contributed by atoms with van der Waals surface area (Å²) in [6.07, 6.45) is -0.927. The van der Waals surface area contributed by atoms with Crippen LogP contribution in [0.25, 0.3) is 0 Å². The van der Waals surface area contributed by atoms with Gasteiger partial charge in [0.15, 0.2) is 0 Å². The van der Waals surface area contributed by atoms with E-state index in [1.165, 1.54) is 18.2 Å². The zero-order chi connectivity index (χ0) is 13.1. The first kappa shape index (κ1) is 12.5. The quantitative estimate of drug-likeness (QED) is 0.879. The molecule has 0 radical (unpaired) electrons. The third-order valence-corrected chi connectivity index (χ3v) is 2.66. The summed E-state index contributed by atoms with van der Waals surface area (Å²) in [5.41, 5.74) is 0.714. The fourth-order valence-corrected chi connectivity index (χ4v) is 1.79. The molecular weight excluding hydrogens is 238 g/mol. The molecule has 4 heteroatoms. The molecule has 0 saturated carbocycles. The van der Waals surface area contributed by atoms with E-state index in [2.05, 4.69) is 0 Å². The van der Waals surface area contributed by atoms with E-state index < -0.39 is 17.7 Å². The molecule has 94 valence electrons. The lowest BCUT2D eigenvalue weighted by Gasteiger charge is -2.12. The van der Waals surface area contributed by atoms with Crippen LogP contribution in [0.3, 0.4) is 0 Å². The molecule has 1 unspecified atom stereocenters. The van der Waals surface area contributed by atoms with E-state index >= 15 is 0 Å². The van der Waals surface area contributed by atoms with E-state index in [1.807, 2.05) is 0 Å². The molecule has 0 spiro atoms. The highest BCUT2D eigenvalue weighted by Gasteiger charge is 2.14. The second-order valence-electron chi connectivity index (χ2n) is 4.06. The van der Waals surface area contributed by atoms with E-state index in [0.717, 1.165) is 12.1 Å². The number of phenols is 1. The zero-order valence-electron chi connectivity index (χ0n) is 9.48. The predicted octanol–water partition coefficient (Wildman–Crippen LogP) is 2.95. The molecule has 0 aliphatic rings. The minimum absolute atomic E-state index is 0.0414. The van der Waals surface area contributed by atoms with Crippen molar-refractivity contribution in [3.05, 3.63) is 65.2 Å². The Morgan fingerprint density at radius 2 is 1.83 bits per heavy atom. The Hall–Kier alpha value is -1.94. The number of hydrogen-bond donors (Lipinski definition) is 2. The molecule has 1 atom stereocenters. The second kappa shape index (κ2) is 5.14. The molecule has 2 nitrogen and oxygen atoms in total. The van der Waals surface area contributed by atoms with Gasteiger partial charge in [-0.05, 0) is 23.8 Å². The molecule has 0 heterocycles. The monoisotopic (exact) mass is 250 g/mol. The van der Waals surface area contributed by atoms with E-state index in [1.54, 1.807) is 12.1 Å². The molecule has 0 aliphatic carbocycles. The molecule has 0 fully saturated rings. The molecule has 2 aromatic carbocycles. The lowest BCUT2D eigenvalue weighted by molar-refractivity contribution is 0.173. The minimum atomic E-state index is -1.08. The highest BCUT2D eigenvalue weighted by atomic mass is 19.1. The standard InChI is InChI=1S/C14H12F2O2/c15-10-4-5-12(13(16)8-10)14(18)7-9-2-1-3-11(17)6-9/h1-6,8,14,17-18H,7H2. The van der Waals surface area contributed by atoms with Crippen LogP contribution in [0.15, 0.2) is 42.5 Å². The number of halogens is 2. The van der Waals surface area contributed by atoms with Gasteiger partial charge in [0.2, 0.25) is 0 Å². The van der Waals surface area contributed by atoms with Crippen LogP contribution in [-0.2, 0) is 6.42 Å². The molecule has 0 aromatic heterocycles. The Morgan fingerprint density at radius 1 is 1.06 bits per heavy atom. The maximum Gasteiger partial charge on any atom is 0.131 e. The molecule has 18 heavy (non-hydrogen) atoms. The first-order valence-electron chi connectivity index (χ1n) is 5.47. The summed E-state index contributed by atoms with van der Waals surface area (Å²) in [6.45, 7) is 0. The van der Waals surface area contributed by atoms with E-state index in [-0.39, 0.29) is 17.7 Å². The second-order valence-corrected chi connectivity index (χ2v) is 4.06. The SMILES string of the molecule is Oc1cccc(CC(O)c2ccc(F)cc2F)c1. The molecule has 0 bridgehead atoms. The van der Waals surface area contributed by atoms with E-state index in [0.29, 0.717) is 5.56 Å². The Labute approximate surface area is 103 Å². The van der Waals surface area contributed by atoms with Crippen LogP contribution < -0.4 is 0 Å². The molecule has 2 N–H and O–H groups in total. The number of phenolic OH excluding ortho intramolecular Hbond substituents is 1. The average molecular weight is 250 g/mol. The van der Waals surface area contributed by atoms with Gasteiger partial charge >= 0.3 is 0 Å². The number of aromatic hydroxyl groups is 1. The van der Waals surface area contributed by atoms with Crippen molar-refractivity contribution in [2.24, 2.45) is 0 Å². The van der Waals surface area contributed by atoms with Gasteiger partial charge in [-0.25, -0.2) is 8.78 Å². The Bertz CT molecular complexity index is 555. The van der Waals surface area contributed by atoms with Gasteiger partial charge in [0.05, 0.1) is 6.10 Å². The average Bonchev–Trinajstić information content (AvgIpc) is 2.28. The van der Waals surface area contributed by atoms with Gasteiger partial charge in [0, 0.05) is 18.1 Å². The van der Waals surface area contributed by atoms with Crippen molar-refractivity contribution in [3.63, 3.8) is 0 Å². The zero-order valence-corrected chi connectivity index (χ0v) is 9.48. The van der Waals surface area contributed by atoms with Gasteiger partial charge in [0.1, 0.15) is 17.4 Å². The van der Waals surface area contributed by atoms with Crippen LogP contribution in [-0.4, -0.2) is 10.2 Å². The third kappa shape index (κ3) is 2.84. The number of rotatable bonds is 3. The summed E-state index contributed by atoms with van der Waals surface area (Å²) in [5, 5.41) is 19.2. The summed E-state index contributed by atoms with van der Waals surface area (Å²) in [5.74, 6) is -1.37. The maximum atomic E-state index is 13.4. The van der Waals surface area contributed by atoms with Crippen molar-refractivity contribution in [1.29, 1.82) is 0 Å². The topological polar surface area (TPSA) is 40.5 Å². The van der Waals surface area contributed by atoms with Gasteiger partial charge in [-0.15, -0.1) is 0 Å². The van der Waals surface area contributed by atoms with E-state index in [9.17, 15) is 19.0 Å². The van der Waals surface area contributed by atoms with Crippen LogP contribution in [0.5, 0.6) is 5.75 Å². The molecule has 2 aromatic rings. The smallest absolute Gasteiger partial charge is 0.131 e. The fourth-order valence-electron chi connectivity index (χ4n) is 1.79. The lowest BCUT2D eigenvalue weighted by Crippen LogP contribution is -2.04. The van der Waals surface area contributed by atoms with Crippen LogP contribution in [0.2, 0.25) is 0 Å². The Kier molecular flexibility index (Phi) is 3.58. The summed E-state index contributed by atoms with van der Waals surface area (Å²) >= 11 is 0. The van der Waals surface area contributed by atoms with Crippen molar-refractivity contribution >= 4 is 0 Å². The largest absolute Gasteiger partial charge is 0.508 e. The van der Waals surface area contributed by atoms with E-state index in [4.69, 9.17) is 0 Å².